The number of nitrogens with zero attached hydrogens (tertiary/aromatic N) is 4. The first kappa shape index (κ1) is 12.0. The van der Waals surface area contributed by atoms with E-state index in [1.807, 2.05) is 20.8 Å². The minimum Gasteiger partial charge on any atom is -0.195 e. The van der Waals surface area contributed by atoms with Crippen LogP contribution in [0.4, 0.5) is 3.89 Å². The van der Waals surface area contributed by atoms with E-state index in [9.17, 15) is 12.3 Å². The van der Waals surface area contributed by atoms with Crippen LogP contribution in [-0.2, 0) is 22.2 Å². The van der Waals surface area contributed by atoms with Crippen LogP contribution >= 0.6 is 0 Å². The Balaban J connectivity index is 2.70. The molecule has 0 radical (unpaired) electrons. The molecule has 86 valence electrons. The highest BCUT2D eigenvalue weighted by molar-refractivity contribution is 7.86. The van der Waals surface area contributed by atoms with E-state index >= 15 is 0 Å². The SMILES string of the molecule is CC(C)(C)n1nnc(CCS(=O)(=O)F)n1. The van der Waals surface area contributed by atoms with Gasteiger partial charge in [0.05, 0.1) is 11.3 Å². The van der Waals surface area contributed by atoms with Crippen LogP contribution in [0.15, 0.2) is 0 Å². The standard InChI is InChI=1S/C7H13FN4O2S/c1-7(2,3)12-10-6(9-11-12)4-5-15(8,13)14/h4-5H2,1-3H3. The van der Waals surface area contributed by atoms with E-state index < -0.39 is 16.0 Å². The molecule has 0 spiro atoms. The van der Waals surface area contributed by atoms with Crippen molar-refractivity contribution in [2.75, 3.05) is 5.75 Å². The molecule has 1 aromatic rings. The van der Waals surface area contributed by atoms with Crippen LogP contribution in [0.2, 0.25) is 0 Å². The molecule has 0 bridgehead atoms. The van der Waals surface area contributed by atoms with E-state index in [0.717, 1.165) is 0 Å². The van der Waals surface area contributed by atoms with Crippen molar-refractivity contribution in [1.82, 2.24) is 20.2 Å². The van der Waals surface area contributed by atoms with Crippen molar-refractivity contribution in [2.24, 2.45) is 0 Å². The van der Waals surface area contributed by atoms with Crippen LogP contribution in [0.5, 0.6) is 0 Å². The highest BCUT2D eigenvalue weighted by atomic mass is 32.3. The molecule has 6 nitrogen and oxygen atoms in total. The summed E-state index contributed by atoms with van der Waals surface area (Å²) in [6.07, 6.45) is -0.0606. The maximum Gasteiger partial charge on any atom is 0.302 e. The summed E-state index contributed by atoms with van der Waals surface area (Å²) in [5.41, 5.74) is -0.320. The van der Waals surface area contributed by atoms with Crippen LogP contribution in [0.25, 0.3) is 0 Å². The quantitative estimate of drug-likeness (QED) is 0.704. The summed E-state index contributed by atoms with van der Waals surface area (Å²) >= 11 is 0. The first-order valence-corrected chi connectivity index (χ1v) is 5.95. The topological polar surface area (TPSA) is 77.7 Å². The zero-order chi connectivity index (χ0) is 11.7. The third kappa shape index (κ3) is 3.90. The van der Waals surface area contributed by atoms with E-state index in [-0.39, 0.29) is 17.8 Å². The molecule has 0 N–H and O–H groups in total. The summed E-state index contributed by atoms with van der Waals surface area (Å²) in [6.45, 7) is 5.64. The molecule has 0 atom stereocenters. The van der Waals surface area contributed by atoms with Crippen molar-refractivity contribution in [3.63, 3.8) is 0 Å². The molecule has 1 aromatic heterocycles. The summed E-state index contributed by atoms with van der Waals surface area (Å²) in [7, 11) is -4.47. The Kier molecular flexibility index (Phi) is 3.08. The van der Waals surface area contributed by atoms with Crippen molar-refractivity contribution in [3.8, 4) is 0 Å². The molecule has 1 rings (SSSR count). The molecule has 0 aliphatic carbocycles. The fourth-order valence-electron chi connectivity index (χ4n) is 0.841. The summed E-state index contributed by atoms with van der Waals surface area (Å²) in [5, 5.41) is 11.3. The summed E-state index contributed by atoms with van der Waals surface area (Å²) in [4.78, 5) is 1.37. The second-order valence-electron chi connectivity index (χ2n) is 4.16. The van der Waals surface area contributed by atoms with Gasteiger partial charge in [-0.2, -0.15) is 13.2 Å². The Morgan fingerprint density at radius 2 is 2.00 bits per heavy atom. The predicted molar refractivity (Wildman–Crippen MR) is 51.4 cm³/mol. The lowest BCUT2D eigenvalue weighted by atomic mass is 10.1. The fourth-order valence-corrected chi connectivity index (χ4v) is 1.27. The molecular weight excluding hydrogens is 223 g/mol. The van der Waals surface area contributed by atoms with Gasteiger partial charge in [0.25, 0.3) is 0 Å². The van der Waals surface area contributed by atoms with Gasteiger partial charge in [-0.3, -0.25) is 0 Å². The number of tetrazole rings is 1. The van der Waals surface area contributed by atoms with E-state index in [1.54, 1.807) is 0 Å². The van der Waals surface area contributed by atoms with Crippen LogP contribution < -0.4 is 0 Å². The highest BCUT2D eigenvalue weighted by Gasteiger charge is 2.18. The number of aromatic nitrogens is 4. The first-order valence-electron chi connectivity index (χ1n) is 4.40. The van der Waals surface area contributed by atoms with Crippen molar-refractivity contribution in [3.05, 3.63) is 5.82 Å². The normalized spacial score (nSPS) is 13.1. The Labute approximate surface area is 87.7 Å². The second-order valence-corrected chi connectivity index (χ2v) is 5.64. The Morgan fingerprint density at radius 1 is 1.40 bits per heavy atom. The zero-order valence-electron chi connectivity index (χ0n) is 8.81. The molecule has 15 heavy (non-hydrogen) atoms. The second kappa shape index (κ2) is 3.84. The molecule has 0 saturated carbocycles. The van der Waals surface area contributed by atoms with Crippen LogP contribution in [0, 0.1) is 0 Å². The molecule has 8 heteroatoms. The maximum atomic E-state index is 12.2. The van der Waals surface area contributed by atoms with Gasteiger partial charge in [-0.25, -0.2) is 0 Å². The number of hydrogen-bond donors (Lipinski definition) is 0. The lowest BCUT2D eigenvalue weighted by Gasteiger charge is -2.15. The molecule has 0 unspecified atom stereocenters. The lowest BCUT2D eigenvalue weighted by Crippen LogP contribution is -2.24. The van der Waals surface area contributed by atoms with Crippen LogP contribution in [0.3, 0.4) is 0 Å². The van der Waals surface area contributed by atoms with Crippen LogP contribution in [-0.4, -0.2) is 34.4 Å². The number of hydrogen-bond acceptors (Lipinski definition) is 5. The van der Waals surface area contributed by atoms with Gasteiger partial charge < -0.3 is 0 Å². The number of rotatable bonds is 3. The van der Waals surface area contributed by atoms with E-state index in [1.165, 1.54) is 4.80 Å². The minimum atomic E-state index is -4.47. The average molecular weight is 236 g/mol. The largest absolute Gasteiger partial charge is 0.302 e. The Morgan fingerprint density at radius 3 is 2.40 bits per heavy atom. The molecule has 1 heterocycles. The van der Waals surface area contributed by atoms with Gasteiger partial charge in [-0.15, -0.1) is 14.1 Å². The van der Waals surface area contributed by atoms with Gasteiger partial charge >= 0.3 is 10.2 Å². The minimum absolute atomic E-state index is 0.0606. The van der Waals surface area contributed by atoms with Gasteiger partial charge in [0.2, 0.25) is 0 Å². The van der Waals surface area contributed by atoms with Gasteiger partial charge in [0, 0.05) is 6.42 Å². The fraction of sp³-hybridized carbons (Fsp3) is 0.857. The van der Waals surface area contributed by atoms with Gasteiger partial charge in [-0.05, 0) is 26.0 Å². The molecule has 0 saturated heterocycles. The van der Waals surface area contributed by atoms with Crippen LogP contribution in [0.1, 0.15) is 26.6 Å². The molecule has 0 aliphatic heterocycles. The highest BCUT2D eigenvalue weighted by Crippen LogP contribution is 2.09. The number of aryl methyl sites for hydroxylation is 1. The Hall–Kier alpha value is -1.05. The third-order valence-corrected chi connectivity index (χ3v) is 2.32. The molecule has 0 fully saturated rings. The molecule has 0 aromatic carbocycles. The third-order valence-electron chi connectivity index (χ3n) is 1.62. The lowest BCUT2D eigenvalue weighted by molar-refractivity contribution is 0.305. The zero-order valence-corrected chi connectivity index (χ0v) is 9.62. The molecule has 0 amide bonds. The first-order chi connectivity index (χ1) is 6.68. The smallest absolute Gasteiger partial charge is 0.195 e. The Bertz CT molecular complexity index is 434. The monoisotopic (exact) mass is 236 g/mol. The van der Waals surface area contributed by atoms with E-state index in [0.29, 0.717) is 0 Å². The predicted octanol–water partition coefficient (Wildman–Crippen LogP) is 0.270. The van der Waals surface area contributed by atoms with E-state index in [4.69, 9.17) is 0 Å². The average Bonchev–Trinajstić information content (AvgIpc) is 2.45. The molecular formula is C7H13FN4O2S. The van der Waals surface area contributed by atoms with Crippen molar-refractivity contribution < 1.29 is 12.3 Å². The van der Waals surface area contributed by atoms with Crippen molar-refractivity contribution >= 4 is 10.2 Å². The van der Waals surface area contributed by atoms with Crippen molar-refractivity contribution in [2.45, 2.75) is 32.7 Å². The van der Waals surface area contributed by atoms with Gasteiger partial charge in [0.15, 0.2) is 5.82 Å². The van der Waals surface area contributed by atoms with Gasteiger partial charge in [-0.1, -0.05) is 0 Å². The van der Waals surface area contributed by atoms with E-state index in [2.05, 4.69) is 15.4 Å². The summed E-state index contributed by atoms with van der Waals surface area (Å²) in [6, 6.07) is 0. The van der Waals surface area contributed by atoms with Gasteiger partial charge in [0.1, 0.15) is 0 Å². The summed E-state index contributed by atoms with van der Waals surface area (Å²) < 4.78 is 32.7. The number of halogens is 1. The molecule has 0 aliphatic rings. The summed E-state index contributed by atoms with van der Waals surface area (Å²) in [5.74, 6) is -0.380. The maximum absolute atomic E-state index is 12.2. The van der Waals surface area contributed by atoms with Crippen molar-refractivity contribution in [1.29, 1.82) is 0 Å².